The Hall–Kier alpha value is -1.19. The molecule has 4 unspecified atom stereocenters. The van der Waals surface area contributed by atoms with E-state index in [0.717, 1.165) is 4.90 Å². The largest absolute Gasteiger partial charge is 0.394 e. The highest BCUT2D eigenvalue weighted by Gasteiger charge is 2.51. The van der Waals surface area contributed by atoms with E-state index < -0.39 is 80.5 Å². The monoisotopic (exact) mass is 423 g/mol. The van der Waals surface area contributed by atoms with Crippen LogP contribution in [0, 0.1) is 0 Å². The normalized spacial score (nSPS) is 43.0. The van der Waals surface area contributed by atoms with Crippen molar-refractivity contribution in [1.82, 2.24) is 4.90 Å². The molecule has 10 atom stereocenters. The van der Waals surface area contributed by atoms with E-state index in [2.05, 4.69) is 6.58 Å². The summed E-state index contributed by atoms with van der Waals surface area (Å²) in [5.74, 6) is -0.467. The van der Waals surface area contributed by atoms with Crippen molar-refractivity contribution in [2.45, 2.75) is 68.3 Å². The van der Waals surface area contributed by atoms with Crippen LogP contribution in [-0.2, 0) is 19.0 Å². The highest BCUT2D eigenvalue weighted by molar-refractivity contribution is 5.73. The summed E-state index contributed by atoms with van der Waals surface area (Å²) in [4.78, 5) is 12.9. The molecule has 2 fully saturated rings. The van der Waals surface area contributed by atoms with E-state index >= 15 is 0 Å². The first kappa shape index (κ1) is 24.1. The summed E-state index contributed by atoms with van der Waals surface area (Å²) in [6.07, 6.45) is -13.8. The third-order valence-electron chi connectivity index (χ3n) is 5.02. The average Bonchev–Trinajstić information content (AvgIpc) is 2.70. The number of hydrogen-bond acceptors (Lipinski definition) is 11. The van der Waals surface area contributed by atoms with Gasteiger partial charge >= 0.3 is 0 Å². The molecule has 7 N–H and O–H groups in total. The molecule has 2 aliphatic rings. The predicted octanol–water partition coefficient (Wildman–Crippen LogP) is -4.35. The van der Waals surface area contributed by atoms with Gasteiger partial charge in [0.1, 0.15) is 48.8 Å². The van der Waals surface area contributed by atoms with Crippen molar-refractivity contribution in [3.05, 3.63) is 12.7 Å². The number of ether oxygens (including phenoxy) is 3. The first-order chi connectivity index (χ1) is 13.7. The van der Waals surface area contributed by atoms with Crippen LogP contribution >= 0.6 is 0 Å². The molecule has 0 bridgehead atoms. The van der Waals surface area contributed by atoms with Crippen molar-refractivity contribution in [2.75, 3.05) is 19.8 Å². The molecule has 12 nitrogen and oxygen atoms in total. The molecule has 2 rings (SSSR count). The van der Waals surface area contributed by atoms with E-state index in [-0.39, 0.29) is 6.54 Å². The number of nitrogens with zero attached hydrogens (tertiary/aromatic N) is 1. The zero-order valence-corrected chi connectivity index (χ0v) is 15.9. The van der Waals surface area contributed by atoms with Crippen LogP contribution in [0.15, 0.2) is 12.7 Å². The lowest BCUT2D eigenvalue weighted by Crippen LogP contribution is -2.67. The van der Waals surface area contributed by atoms with Crippen molar-refractivity contribution < 1.29 is 54.8 Å². The molecule has 0 spiro atoms. The molecular weight excluding hydrogens is 394 g/mol. The number of carbonyl (C=O) groups is 1. The van der Waals surface area contributed by atoms with Gasteiger partial charge < -0.3 is 54.9 Å². The first-order valence-electron chi connectivity index (χ1n) is 9.14. The van der Waals surface area contributed by atoms with E-state index in [9.17, 15) is 40.5 Å². The SMILES string of the molecule is C=CCN(C(C)=O)[C@H]1O[C@H](CO)[C@@H](O[C@@H]2OC(CO)[C@H](O)[C@H](O)C2O)C(O)C1O. The number of carbonyl (C=O) groups excluding carboxylic acids is 1. The van der Waals surface area contributed by atoms with Gasteiger partial charge in [-0.3, -0.25) is 4.79 Å². The molecule has 2 aliphatic heterocycles. The van der Waals surface area contributed by atoms with Gasteiger partial charge in [-0.1, -0.05) is 6.08 Å². The van der Waals surface area contributed by atoms with E-state index in [4.69, 9.17) is 14.2 Å². The summed E-state index contributed by atoms with van der Waals surface area (Å²) in [6, 6.07) is 0. The summed E-state index contributed by atoms with van der Waals surface area (Å²) in [7, 11) is 0. The Morgan fingerprint density at radius 3 is 2.10 bits per heavy atom. The van der Waals surface area contributed by atoms with Crippen molar-refractivity contribution in [3.8, 4) is 0 Å². The molecular formula is C17H29NO11. The van der Waals surface area contributed by atoms with Gasteiger partial charge in [0.25, 0.3) is 0 Å². The number of aliphatic hydroxyl groups is 7. The Morgan fingerprint density at radius 1 is 0.966 bits per heavy atom. The topological polar surface area (TPSA) is 190 Å². The molecule has 0 aliphatic carbocycles. The summed E-state index contributed by atoms with van der Waals surface area (Å²) in [5.41, 5.74) is 0. The fourth-order valence-electron chi connectivity index (χ4n) is 3.38. The minimum absolute atomic E-state index is 0.0141. The second-order valence-electron chi connectivity index (χ2n) is 6.99. The van der Waals surface area contributed by atoms with Gasteiger partial charge in [-0.15, -0.1) is 6.58 Å². The Kier molecular flexibility index (Phi) is 8.48. The molecule has 2 heterocycles. The van der Waals surface area contributed by atoms with Crippen LogP contribution in [-0.4, -0.2) is 128 Å². The van der Waals surface area contributed by atoms with Gasteiger partial charge in [0.05, 0.1) is 13.2 Å². The molecule has 0 saturated carbocycles. The molecule has 1 amide bonds. The van der Waals surface area contributed by atoms with Gasteiger partial charge in [0, 0.05) is 13.5 Å². The van der Waals surface area contributed by atoms with Crippen LogP contribution in [0.5, 0.6) is 0 Å². The lowest BCUT2D eigenvalue weighted by Gasteiger charge is -2.48. The van der Waals surface area contributed by atoms with Crippen LogP contribution in [0.3, 0.4) is 0 Å². The van der Waals surface area contributed by atoms with Gasteiger partial charge in [-0.25, -0.2) is 0 Å². The van der Waals surface area contributed by atoms with Crippen molar-refractivity contribution >= 4 is 5.91 Å². The zero-order valence-electron chi connectivity index (χ0n) is 15.9. The minimum Gasteiger partial charge on any atom is -0.394 e. The number of aliphatic hydroxyl groups excluding tert-OH is 7. The summed E-state index contributed by atoms with van der Waals surface area (Å²) in [5, 5.41) is 69.7. The molecule has 168 valence electrons. The van der Waals surface area contributed by atoms with E-state index in [1.165, 1.54) is 13.0 Å². The molecule has 12 heteroatoms. The van der Waals surface area contributed by atoms with Crippen molar-refractivity contribution in [1.29, 1.82) is 0 Å². The van der Waals surface area contributed by atoms with Crippen LogP contribution in [0.1, 0.15) is 6.92 Å². The molecule has 0 aromatic rings. The van der Waals surface area contributed by atoms with E-state index in [1.807, 2.05) is 0 Å². The third kappa shape index (κ3) is 4.94. The van der Waals surface area contributed by atoms with Gasteiger partial charge in [0.2, 0.25) is 5.91 Å². The van der Waals surface area contributed by atoms with Crippen molar-refractivity contribution in [2.24, 2.45) is 0 Å². The third-order valence-corrected chi connectivity index (χ3v) is 5.02. The number of hydrogen-bond donors (Lipinski definition) is 7. The fourth-order valence-corrected chi connectivity index (χ4v) is 3.38. The molecule has 29 heavy (non-hydrogen) atoms. The summed E-state index contributed by atoms with van der Waals surface area (Å²) >= 11 is 0. The van der Waals surface area contributed by atoms with Crippen molar-refractivity contribution in [3.63, 3.8) is 0 Å². The molecule has 0 aromatic heterocycles. The Morgan fingerprint density at radius 2 is 1.59 bits per heavy atom. The van der Waals surface area contributed by atoms with Crippen LogP contribution in [0.25, 0.3) is 0 Å². The summed E-state index contributed by atoms with van der Waals surface area (Å²) in [6.45, 7) is 3.40. The average molecular weight is 423 g/mol. The van der Waals surface area contributed by atoms with E-state index in [0.29, 0.717) is 0 Å². The Balaban J connectivity index is 2.19. The zero-order chi connectivity index (χ0) is 21.9. The Bertz CT molecular complexity index is 559. The summed E-state index contributed by atoms with van der Waals surface area (Å²) < 4.78 is 16.2. The number of amides is 1. The second-order valence-corrected chi connectivity index (χ2v) is 6.99. The molecule has 0 radical (unpaired) electrons. The predicted molar refractivity (Wildman–Crippen MR) is 94.0 cm³/mol. The first-order valence-corrected chi connectivity index (χ1v) is 9.14. The van der Waals surface area contributed by atoms with Gasteiger partial charge in [0.15, 0.2) is 12.5 Å². The second kappa shape index (κ2) is 10.2. The molecule has 2 saturated heterocycles. The highest BCUT2D eigenvalue weighted by atomic mass is 16.7. The van der Waals surface area contributed by atoms with Gasteiger partial charge in [-0.05, 0) is 0 Å². The lowest BCUT2D eigenvalue weighted by atomic mass is 9.96. The quantitative estimate of drug-likeness (QED) is 0.196. The standard InChI is InChI=1S/C17H29NO11/c1-3-4-18(7(2)21)16-13(25)12(24)15(9(6-20)27-16)29-17-14(26)11(23)10(22)8(5-19)28-17/h3,8-17,19-20,22-26H,1,4-6H2,2H3/t8?,9-,10+,11+,12?,13?,14?,15-,16+,17+/m1/s1. The molecule has 0 aromatic carbocycles. The Labute approximate surface area is 167 Å². The maximum Gasteiger partial charge on any atom is 0.221 e. The van der Waals surface area contributed by atoms with Crippen LogP contribution < -0.4 is 0 Å². The maximum atomic E-state index is 11.8. The highest BCUT2D eigenvalue weighted by Crippen LogP contribution is 2.30. The smallest absolute Gasteiger partial charge is 0.221 e. The maximum absolute atomic E-state index is 11.8. The number of rotatable bonds is 7. The van der Waals surface area contributed by atoms with Gasteiger partial charge in [-0.2, -0.15) is 0 Å². The van der Waals surface area contributed by atoms with Crippen LogP contribution in [0.4, 0.5) is 0 Å². The van der Waals surface area contributed by atoms with Crippen LogP contribution in [0.2, 0.25) is 0 Å². The minimum atomic E-state index is -1.75. The van der Waals surface area contributed by atoms with E-state index in [1.54, 1.807) is 0 Å². The fraction of sp³-hybridized carbons (Fsp3) is 0.824. The lowest BCUT2D eigenvalue weighted by molar-refractivity contribution is -0.347.